The number of hydrogen-bond donors (Lipinski definition) is 1. The van der Waals surface area contributed by atoms with Crippen LogP contribution < -0.4 is 14.8 Å². The molecule has 33 heavy (non-hydrogen) atoms. The molecular weight excluding hydrogens is 410 g/mol. The van der Waals surface area contributed by atoms with Gasteiger partial charge in [0.1, 0.15) is 11.5 Å². The van der Waals surface area contributed by atoms with Crippen molar-refractivity contribution in [2.75, 3.05) is 14.2 Å². The topological polar surface area (TPSA) is 47.6 Å². The molecule has 0 saturated carbocycles. The first kappa shape index (κ1) is 24.1. The lowest BCUT2D eigenvalue weighted by Crippen LogP contribution is -2.28. The molecule has 0 radical (unpaired) electrons. The summed E-state index contributed by atoms with van der Waals surface area (Å²) in [6.45, 7) is 8.36. The molecule has 0 saturated heterocycles. The fourth-order valence-electron chi connectivity index (χ4n) is 3.93. The maximum atomic E-state index is 13.5. The Labute approximate surface area is 197 Å². The van der Waals surface area contributed by atoms with Crippen LogP contribution in [0.15, 0.2) is 66.7 Å². The van der Waals surface area contributed by atoms with Crippen molar-refractivity contribution < 1.29 is 14.3 Å². The van der Waals surface area contributed by atoms with Gasteiger partial charge in [0.15, 0.2) is 0 Å². The Kier molecular flexibility index (Phi) is 7.94. The monoisotopic (exact) mass is 443 g/mol. The molecule has 0 bridgehead atoms. The maximum Gasteiger partial charge on any atom is 0.252 e. The Morgan fingerprint density at radius 1 is 0.879 bits per heavy atom. The average Bonchev–Trinajstić information content (AvgIpc) is 2.82. The molecule has 0 aliphatic rings. The summed E-state index contributed by atoms with van der Waals surface area (Å²) in [6.07, 6.45) is 1.91. The third-order valence-electron chi connectivity index (χ3n) is 5.81. The van der Waals surface area contributed by atoms with Gasteiger partial charge in [0.2, 0.25) is 0 Å². The van der Waals surface area contributed by atoms with Gasteiger partial charge in [0.05, 0.1) is 20.3 Å². The molecule has 1 N–H and O–H groups in total. The van der Waals surface area contributed by atoms with Gasteiger partial charge in [0.25, 0.3) is 5.91 Å². The molecule has 0 aliphatic heterocycles. The third-order valence-corrected chi connectivity index (χ3v) is 5.81. The van der Waals surface area contributed by atoms with E-state index in [1.54, 1.807) is 14.2 Å². The Morgan fingerprint density at radius 2 is 1.55 bits per heavy atom. The summed E-state index contributed by atoms with van der Waals surface area (Å²) in [5.41, 5.74) is 5.72. The van der Waals surface area contributed by atoms with Crippen LogP contribution in [0.1, 0.15) is 60.5 Å². The summed E-state index contributed by atoms with van der Waals surface area (Å²) < 4.78 is 10.8. The lowest BCUT2D eigenvalue weighted by atomic mass is 9.93. The van der Waals surface area contributed by atoms with E-state index in [-0.39, 0.29) is 11.9 Å². The summed E-state index contributed by atoms with van der Waals surface area (Å²) >= 11 is 0. The number of ether oxygens (including phenoxy) is 2. The molecule has 1 amide bonds. The van der Waals surface area contributed by atoms with Crippen molar-refractivity contribution in [3.63, 3.8) is 0 Å². The summed E-state index contributed by atoms with van der Waals surface area (Å²) in [6, 6.07) is 21.5. The minimum atomic E-state index is -0.163. The van der Waals surface area contributed by atoms with Crippen LogP contribution in [0.4, 0.5) is 0 Å². The van der Waals surface area contributed by atoms with Gasteiger partial charge in [-0.25, -0.2) is 0 Å². The number of aryl methyl sites for hydroxylation is 1. The zero-order chi connectivity index (χ0) is 24.0. The van der Waals surface area contributed by atoms with Gasteiger partial charge in [-0.15, -0.1) is 0 Å². The molecule has 0 aliphatic carbocycles. The van der Waals surface area contributed by atoms with Crippen molar-refractivity contribution in [2.24, 2.45) is 0 Å². The van der Waals surface area contributed by atoms with Crippen molar-refractivity contribution in [3.8, 4) is 11.5 Å². The molecule has 3 aromatic carbocycles. The van der Waals surface area contributed by atoms with Gasteiger partial charge in [-0.05, 0) is 77.9 Å². The van der Waals surface area contributed by atoms with Crippen LogP contribution in [0, 0.1) is 6.92 Å². The lowest BCUT2D eigenvalue weighted by Gasteiger charge is -2.22. The number of benzene rings is 3. The molecule has 0 aromatic heterocycles. The Hall–Kier alpha value is -3.53. The zero-order valence-electron chi connectivity index (χ0n) is 20.3. The highest BCUT2D eigenvalue weighted by Crippen LogP contribution is 2.32. The molecule has 0 unspecified atom stereocenters. The molecule has 1 atom stereocenters. The second kappa shape index (κ2) is 10.9. The molecule has 4 nitrogen and oxygen atoms in total. The standard InChI is InChI=1S/C29H33NO3/c1-19(2)25-18-26(20(3)16-28(25)33-6)21(4)30-29(31)27(23-10-8-7-9-11-23)17-22-12-14-24(32-5)15-13-22/h7-19,21H,1-6H3,(H,30,31)/b27-17+/t21-/m0/s1. The maximum absolute atomic E-state index is 13.5. The summed E-state index contributed by atoms with van der Waals surface area (Å²) in [5, 5.41) is 3.21. The first-order valence-electron chi connectivity index (χ1n) is 11.2. The zero-order valence-corrected chi connectivity index (χ0v) is 20.3. The van der Waals surface area contributed by atoms with Crippen LogP contribution in [-0.2, 0) is 4.79 Å². The Balaban J connectivity index is 1.94. The smallest absolute Gasteiger partial charge is 0.252 e. The van der Waals surface area contributed by atoms with E-state index in [4.69, 9.17) is 9.47 Å². The van der Waals surface area contributed by atoms with Crippen LogP contribution in [0.5, 0.6) is 11.5 Å². The number of nitrogens with one attached hydrogen (secondary N) is 1. The minimum absolute atomic E-state index is 0.120. The van der Waals surface area contributed by atoms with Gasteiger partial charge in [-0.2, -0.15) is 0 Å². The van der Waals surface area contributed by atoms with Gasteiger partial charge >= 0.3 is 0 Å². The minimum Gasteiger partial charge on any atom is -0.497 e. The van der Waals surface area contributed by atoms with Crippen molar-refractivity contribution in [1.82, 2.24) is 5.32 Å². The first-order chi connectivity index (χ1) is 15.8. The Morgan fingerprint density at radius 3 is 2.12 bits per heavy atom. The van der Waals surface area contributed by atoms with Crippen molar-refractivity contribution in [1.29, 1.82) is 0 Å². The second-order valence-electron chi connectivity index (χ2n) is 8.50. The van der Waals surface area contributed by atoms with Gasteiger partial charge in [0, 0.05) is 5.57 Å². The molecular formula is C29H33NO3. The van der Waals surface area contributed by atoms with Crippen LogP contribution >= 0.6 is 0 Å². The largest absolute Gasteiger partial charge is 0.497 e. The summed E-state index contributed by atoms with van der Waals surface area (Å²) in [5.74, 6) is 1.86. The molecule has 0 spiro atoms. The van der Waals surface area contributed by atoms with E-state index in [0.29, 0.717) is 11.5 Å². The fourth-order valence-corrected chi connectivity index (χ4v) is 3.93. The SMILES string of the molecule is COc1ccc(/C=C(/C(=O)N[C@@H](C)c2cc(C(C)C)c(OC)cc2C)c2ccccc2)cc1. The van der Waals surface area contributed by atoms with E-state index in [2.05, 4.69) is 38.2 Å². The van der Waals surface area contributed by atoms with E-state index < -0.39 is 0 Å². The number of methoxy groups -OCH3 is 2. The highest BCUT2D eigenvalue weighted by atomic mass is 16.5. The van der Waals surface area contributed by atoms with E-state index in [9.17, 15) is 4.79 Å². The number of rotatable bonds is 8. The van der Waals surface area contributed by atoms with Crippen LogP contribution in [0.25, 0.3) is 11.6 Å². The van der Waals surface area contributed by atoms with Crippen LogP contribution in [0.2, 0.25) is 0 Å². The van der Waals surface area contributed by atoms with E-state index in [1.807, 2.05) is 67.6 Å². The van der Waals surface area contributed by atoms with Crippen molar-refractivity contribution in [3.05, 3.63) is 94.5 Å². The number of carbonyl (C=O) groups is 1. The normalized spacial score (nSPS) is 12.4. The fraction of sp³-hybridized carbons (Fsp3) is 0.276. The predicted octanol–water partition coefficient (Wildman–Crippen LogP) is 6.55. The summed E-state index contributed by atoms with van der Waals surface area (Å²) in [4.78, 5) is 13.5. The van der Waals surface area contributed by atoms with Gasteiger partial charge in [-0.3, -0.25) is 4.79 Å². The van der Waals surface area contributed by atoms with Gasteiger partial charge < -0.3 is 14.8 Å². The molecule has 0 fully saturated rings. The highest BCUT2D eigenvalue weighted by molar-refractivity contribution is 6.24. The number of hydrogen-bond acceptors (Lipinski definition) is 3. The quantitative estimate of drug-likeness (QED) is 0.317. The molecule has 0 heterocycles. The first-order valence-corrected chi connectivity index (χ1v) is 11.2. The average molecular weight is 444 g/mol. The third kappa shape index (κ3) is 5.83. The van der Waals surface area contributed by atoms with Crippen molar-refractivity contribution >= 4 is 17.6 Å². The highest BCUT2D eigenvalue weighted by Gasteiger charge is 2.19. The molecule has 172 valence electrons. The number of amides is 1. The number of carbonyl (C=O) groups excluding carboxylic acids is 1. The van der Waals surface area contributed by atoms with E-state index >= 15 is 0 Å². The molecule has 4 heteroatoms. The van der Waals surface area contributed by atoms with Crippen LogP contribution in [-0.4, -0.2) is 20.1 Å². The lowest BCUT2D eigenvalue weighted by molar-refractivity contribution is -0.116. The molecule has 3 rings (SSSR count). The van der Waals surface area contributed by atoms with Crippen molar-refractivity contribution in [2.45, 2.75) is 39.7 Å². The Bertz CT molecular complexity index is 1120. The van der Waals surface area contributed by atoms with E-state index in [1.165, 1.54) is 0 Å². The summed E-state index contributed by atoms with van der Waals surface area (Å²) in [7, 11) is 3.34. The van der Waals surface area contributed by atoms with Crippen LogP contribution in [0.3, 0.4) is 0 Å². The molecule has 3 aromatic rings. The van der Waals surface area contributed by atoms with E-state index in [0.717, 1.165) is 39.3 Å². The van der Waals surface area contributed by atoms with Gasteiger partial charge in [-0.1, -0.05) is 56.3 Å². The predicted molar refractivity (Wildman–Crippen MR) is 136 cm³/mol. The second-order valence-corrected chi connectivity index (χ2v) is 8.50.